The monoisotopic (exact) mass is 466 g/mol. The second-order valence-electron chi connectivity index (χ2n) is 6.73. The van der Waals surface area contributed by atoms with Crippen LogP contribution in [0.15, 0.2) is 59.5 Å². The average molecular weight is 467 g/mol. The van der Waals surface area contributed by atoms with Crippen LogP contribution in [0.2, 0.25) is 5.02 Å². The number of rotatable bonds is 6. The van der Waals surface area contributed by atoms with E-state index in [1.54, 1.807) is 31.2 Å². The van der Waals surface area contributed by atoms with Crippen LogP contribution in [-0.4, -0.2) is 24.7 Å². The molecule has 0 saturated heterocycles. The molecule has 31 heavy (non-hydrogen) atoms. The number of hydrogen-bond acceptors (Lipinski definition) is 4. The Morgan fingerprint density at radius 3 is 2.13 bits per heavy atom. The summed E-state index contributed by atoms with van der Waals surface area (Å²) >= 11 is 6.01. The molecule has 3 rings (SSSR count). The van der Waals surface area contributed by atoms with E-state index in [-0.39, 0.29) is 40.2 Å². The summed E-state index contributed by atoms with van der Waals surface area (Å²) in [5.41, 5.74) is 3.67. The van der Waals surface area contributed by atoms with Crippen molar-refractivity contribution in [1.82, 2.24) is 4.57 Å². The van der Waals surface area contributed by atoms with Gasteiger partial charge in [0.05, 0.1) is 16.5 Å². The van der Waals surface area contributed by atoms with Gasteiger partial charge in [-0.15, -0.1) is 0 Å². The summed E-state index contributed by atoms with van der Waals surface area (Å²) in [4.78, 5) is 23.5. The van der Waals surface area contributed by atoms with E-state index < -0.39 is 15.9 Å². The van der Waals surface area contributed by atoms with Crippen LogP contribution >= 0.6 is 11.6 Å². The number of carbonyl (C=O) groups is 2. The molecule has 0 saturated carbocycles. The van der Waals surface area contributed by atoms with Gasteiger partial charge in [0.15, 0.2) is 5.78 Å². The van der Waals surface area contributed by atoms with Gasteiger partial charge in [0.25, 0.3) is 0 Å². The first-order chi connectivity index (χ1) is 14.1. The first-order valence-electron chi connectivity index (χ1n) is 9.24. The number of sulfonamides is 1. The van der Waals surface area contributed by atoms with Crippen LogP contribution in [0.25, 0.3) is 21.7 Å². The molecule has 1 heterocycles. The fourth-order valence-electron chi connectivity index (χ4n) is 3.23. The van der Waals surface area contributed by atoms with Crippen molar-refractivity contribution in [1.29, 1.82) is 0 Å². The van der Waals surface area contributed by atoms with Gasteiger partial charge in [0.1, 0.15) is 10.0 Å². The fraction of sp³-hybridized carbons (Fsp3) is 0.182. The Labute approximate surface area is 209 Å². The van der Waals surface area contributed by atoms with Crippen molar-refractivity contribution >= 4 is 33.3 Å². The Balaban J connectivity index is 0.00000341. The Morgan fingerprint density at radius 1 is 1.03 bits per heavy atom. The zero-order valence-corrected chi connectivity index (χ0v) is 21.3. The van der Waals surface area contributed by atoms with E-state index in [9.17, 15) is 18.0 Å². The molecule has 9 heteroatoms. The Hall–Kier alpha value is -1.90. The largest absolute Gasteiger partial charge is 1.00 e. The topological polar surface area (TPSA) is 87.3 Å². The molecule has 0 bridgehead atoms. The van der Waals surface area contributed by atoms with Gasteiger partial charge in [-0.2, -0.15) is 0 Å². The number of hydrogen-bond donors (Lipinski definition) is 0. The summed E-state index contributed by atoms with van der Waals surface area (Å²) in [6.45, 7) is 4.73. The van der Waals surface area contributed by atoms with Crippen molar-refractivity contribution < 1.29 is 47.6 Å². The van der Waals surface area contributed by atoms with E-state index >= 15 is 0 Å². The van der Waals surface area contributed by atoms with Crippen molar-refractivity contribution in [3.8, 4) is 16.9 Å². The van der Waals surface area contributed by atoms with Crippen molar-refractivity contribution in [2.45, 2.75) is 32.1 Å². The second-order valence-corrected chi connectivity index (χ2v) is 8.77. The van der Waals surface area contributed by atoms with Crippen LogP contribution in [0.1, 0.15) is 36.3 Å². The molecule has 0 spiro atoms. The van der Waals surface area contributed by atoms with E-state index in [2.05, 4.69) is 4.72 Å². The van der Waals surface area contributed by atoms with Crippen LogP contribution in [0, 0.1) is 6.92 Å². The number of Topliss-reactive ketones (excluding diaryl/α,β-unsaturated/α-hetero) is 1. The molecule has 0 radical (unpaired) electrons. The maximum atomic E-state index is 12.4. The number of benzene rings is 2. The smallest absolute Gasteiger partial charge is 0.542 e. The minimum absolute atomic E-state index is 0. The van der Waals surface area contributed by atoms with Gasteiger partial charge in [0, 0.05) is 28.4 Å². The first kappa shape index (κ1) is 25.4. The maximum absolute atomic E-state index is 12.4. The second kappa shape index (κ2) is 10.1. The van der Waals surface area contributed by atoms with E-state index in [1.807, 2.05) is 29.7 Å². The normalized spacial score (nSPS) is 11.0. The summed E-state index contributed by atoms with van der Waals surface area (Å²) < 4.78 is 29.4. The van der Waals surface area contributed by atoms with Crippen molar-refractivity contribution in [2.75, 3.05) is 0 Å². The Kier molecular flexibility index (Phi) is 8.30. The molecule has 1 amide bonds. The van der Waals surface area contributed by atoms with E-state index in [1.165, 1.54) is 12.1 Å². The van der Waals surface area contributed by atoms with Crippen LogP contribution in [0.3, 0.4) is 0 Å². The first-order valence-corrected chi connectivity index (χ1v) is 11.1. The molecule has 0 aliphatic carbocycles. The van der Waals surface area contributed by atoms with Crippen LogP contribution in [0.4, 0.5) is 0 Å². The van der Waals surface area contributed by atoms with E-state index in [0.29, 0.717) is 22.7 Å². The van der Waals surface area contributed by atoms with Crippen molar-refractivity contribution in [3.05, 3.63) is 75.6 Å². The van der Waals surface area contributed by atoms with Gasteiger partial charge in [-0.1, -0.05) is 30.7 Å². The van der Waals surface area contributed by atoms with Crippen LogP contribution in [0.5, 0.6) is 0 Å². The standard InChI is InChI=1S/C22H21ClN2O4S.Na/c1-4-22(27)20-13-21(16-5-7-17(23)8-6-16)25(14(20)2)18-9-11-19(12-10-18)30(28,29)24-15(3)26;/h5-13H,4H2,1-3H3,(H,24,26);/q;+1/p-1. The Morgan fingerprint density at radius 2 is 1.61 bits per heavy atom. The zero-order chi connectivity index (χ0) is 22.1. The van der Waals surface area contributed by atoms with E-state index in [0.717, 1.165) is 23.9 Å². The molecular weight excluding hydrogens is 447 g/mol. The van der Waals surface area contributed by atoms with Gasteiger partial charge in [-0.25, -0.2) is 8.42 Å². The summed E-state index contributed by atoms with van der Waals surface area (Å²) in [5, 5.41) is 0.599. The molecule has 3 aromatic rings. The third kappa shape index (κ3) is 5.48. The number of ketones is 1. The Bertz CT molecular complexity index is 1220. The third-order valence-corrected chi connectivity index (χ3v) is 6.27. The summed E-state index contributed by atoms with van der Waals surface area (Å²) in [6.07, 6.45) is 0.370. The molecule has 156 valence electrons. The number of carbonyl (C=O) groups excluding carboxylic acids is 2. The van der Waals surface area contributed by atoms with Gasteiger partial charge < -0.3 is 14.1 Å². The fourth-order valence-corrected chi connectivity index (χ4v) is 4.28. The maximum Gasteiger partial charge on any atom is 1.00 e. The quantitative estimate of drug-likeness (QED) is 0.412. The molecule has 0 fully saturated rings. The molecule has 0 N–H and O–H groups in total. The van der Waals surface area contributed by atoms with Crippen molar-refractivity contribution in [2.24, 2.45) is 0 Å². The molecule has 1 aromatic heterocycles. The molecule has 0 atom stereocenters. The molecular formula is C22H20ClN2NaO4S. The number of amides is 1. The van der Waals surface area contributed by atoms with Gasteiger partial charge >= 0.3 is 29.6 Å². The minimum Gasteiger partial charge on any atom is -0.542 e. The van der Waals surface area contributed by atoms with E-state index in [4.69, 9.17) is 11.6 Å². The summed E-state index contributed by atoms with van der Waals surface area (Å²) in [5.74, 6) is -0.769. The summed E-state index contributed by atoms with van der Waals surface area (Å²) in [6, 6.07) is 15.1. The average Bonchev–Trinajstić information content (AvgIpc) is 3.04. The summed E-state index contributed by atoms with van der Waals surface area (Å²) in [7, 11) is -4.05. The number of nitrogens with zero attached hydrogens (tertiary/aromatic N) is 2. The molecule has 2 aromatic carbocycles. The number of halogens is 1. The van der Waals surface area contributed by atoms with Gasteiger partial charge in [-0.3, -0.25) is 4.79 Å². The molecule has 0 aliphatic rings. The van der Waals surface area contributed by atoms with Crippen LogP contribution < -0.4 is 29.6 Å². The van der Waals surface area contributed by atoms with Crippen molar-refractivity contribution in [3.63, 3.8) is 0 Å². The SMILES string of the molecule is CCC(=O)c1cc(-c2ccc(Cl)cc2)n(-c2ccc(S(=O)(=O)[N-]C(C)=O)cc2)c1C.[Na+]. The van der Waals surface area contributed by atoms with Gasteiger partial charge in [0.2, 0.25) is 0 Å². The van der Waals surface area contributed by atoms with Crippen LogP contribution in [-0.2, 0) is 14.8 Å². The third-order valence-electron chi connectivity index (χ3n) is 4.65. The minimum atomic E-state index is -4.05. The predicted molar refractivity (Wildman–Crippen MR) is 117 cm³/mol. The molecule has 6 nitrogen and oxygen atoms in total. The number of aromatic nitrogens is 1. The molecule has 0 unspecified atom stereocenters. The predicted octanol–water partition coefficient (Wildman–Crippen LogP) is 2.31. The molecule has 0 aliphatic heterocycles. The zero-order valence-electron chi connectivity index (χ0n) is 17.7. The van der Waals surface area contributed by atoms with Gasteiger partial charge in [-0.05, 0) is 61.9 Å².